The van der Waals surface area contributed by atoms with Gasteiger partial charge in [0.25, 0.3) is 11.9 Å². The summed E-state index contributed by atoms with van der Waals surface area (Å²) >= 11 is 0. The Bertz CT molecular complexity index is 1750. The molecule has 1 saturated heterocycles. The maximum absolute atomic E-state index is 12.4. The van der Waals surface area contributed by atoms with Gasteiger partial charge in [0.1, 0.15) is 29.6 Å². The molecule has 18 heteroatoms. The van der Waals surface area contributed by atoms with Crippen molar-refractivity contribution in [3.05, 3.63) is 48.0 Å². The second-order valence-electron chi connectivity index (χ2n) is 10.4. The molecule has 0 spiro atoms. The van der Waals surface area contributed by atoms with Gasteiger partial charge in [-0.15, -0.1) is 5.10 Å². The molecule has 4 aromatic rings. The van der Waals surface area contributed by atoms with Crippen LogP contribution in [0, 0.1) is 0 Å². The van der Waals surface area contributed by atoms with E-state index in [9.17, 15) is 28.5 Å². The van der Waals surface area contributed by atoms with Gasteiger partial charge in [-0.25, -0.2) is 9.71 Å². The average Bonchev–Trinajstić information content (AvgIpc) is 3.71. The minimum Gasteiger partial charge on any atom is -0.507 e. The van der Waals surface area contributed by atoms with Crippen LogP contribution in [0.1, 0.15) is 60.3 Å². The van der Waals surface area contributed by atoms with Crippen LogP contribution < -0.4 is 10.5 Å². The van der Waals surface area contributed by atoms with E-state index in [1.165, 1.54) is 46.3 Å². The molecule has 0 unspecified atom stereocenters. The third kappa shape index (κ3) is 5.74. The summed E-state index contributed by atoms with van der Waals surface area (Å²) < 4.78 is 39.7. The van der Waals surface area contributed by atoms with Crippen LogP contribution in [0.5, 0.6) is 5.75 Å². The Hall–Kier alpha value is -4.23. The summed E-state index contributed by atoms with van der Waals surface area (Å²) in [5.41, 5.74) is 7.07. The summed E-state index contributed by atoms with van der Waals surface area (Å²) in [7, 11) is -4.68. The van der Waals surface area contributed by atoms with Crippen LogP contribution in [0.15, 0.2) is 36.8 Å². The van der Waals surface area contributed by atoms with E-state index in [4.69, 9.17) is 14.7 Å². The highest BCUT2D eigenvalue weighted by Crippen LogP contribution is 2.34. The standard InChI is InChI=1S/C25H29N9O8S/c26-21-18-22(29-25(28-21)34-10-15(30-32-34)13-6-2-1-3-7-13)33(12-27-18)24-20(37)19(36)17(42-24)11-41-43(39,40)31-23(38)14-8-4-5-9-16(14)35/h4-5,8-10,12-13,17,19-20,24,35-37H,1-3,6-7,11H2,(H,31,38)(H2,26,28,29)/t17-,19-,20-,24-/m0/s1. The molecule has 1 aromatic carbocycles. The van der Waals surface area contributed by atoms with Gasteiger partial charge in [0.15, 0.2) is 17.7 Å². The van der Waals surface area contributed by atoms with Gasteiger partial charge in [-0.1, -0.05) is 36.6 Å². The number of fused-ring (bicyclic) bond motifs is 1. The minimum absolute atomic E-state index is 0.0349. The van der Waals surface area contributed by atoms with Gasteiger partial charge in [-0.2, -0.15) is 23.1 Å². The first-order chi connectivity index (χ1) is 20.6. The predicted molar refractivity (Wildman–Crippen MR) is 147 cm³/mol. The van der Waals surface area contributed by atoms with E-state index < -0.39 is 53.1 Å². The number of phenolic OH excluding ortho intramolecular Hbond substituents is 1. The van der Waals surface area contributed by atoms with Crippen molar-refractivity contribution in [2.75, 3.05) is 12.3 Å². The first kappa shape index (κ1) is 28.9. The van der Waals surface area contributed by atoms with Gasteiger partial charge < -0.3 is 25.8 Å². The molecule has 228 valence electrons. The number of phenols is 1. The number of imidazole rings is 1. The van der Waals surface area contributed by atoms with Crippen LogP contribution in [-0.4, -0.2) is 89.1 Å². The first-order valence-corrected chi connectivity index (χ1v) is 15.0. The third-order valence-corrected chi connectivity index (χ3v) is 8.42. The van der Waals surface area contributed by atoms with E-state index in [1.807, 2.05) is 0 Å². The van der Waals surface area contributed by atoms with Gasteiger partial charge >= 0.3 is 10.3 Å². The number of hydrogen-bond acceptors (Lipinski definition) is 14. The molecular weight excluding hydrogens is 586 g/mol. The molecule has 43 heavy (non-hydrogen) atoms. The van der Waals surface area contributed by atoms with E-state index in [1.54, 1.807) is 10.9 Å². The number of nitrogens with two attached hydrogens (primary N) is 1. The Kier molecular flexibility index (Phi) is 7.69. The van der Waals surface area contributed by atoms with Gasteiger partial charge in [0.05, 0.1) is 30.4 Å². The van der Waals surface area contributed by atoms with E-state index >= 15 is 0 Å². The zero-order chi connectivity index (χ0) is 30.3. The molecule has 0 bridgehead atoms. The SMILES string of the molecule is Nc1nc(-n2cc(C3CCCCC3)nn2)nc2c1ncn2[C@H]1O[C@@H](COS(=O)(=O)NC(=O)c2ccccc2O)[C@H](O)[C@@H]1O. The summed E-state index contributed by atoms with van der Waals surface area (Å²) in [4.78, 5) is 25.3. The van der Waals surface area contributed by atoms with Crippen molar-refractivity contribution in [1.82, 2.24) is 39.2 Å². The number of benzene rings is 1. The van der Waals surface area contributed by atoms with E-state index in [0.29, 0.717) is 5.92 Å². The van der Waals surface area contributed by atoms with E-state index in [2.05, 4.69) is 25.3 Å². The van der Waals surface area contributed by atoms with Crippen molar-refractivity contribution in [3.8, 4) is 11.7 Å². The maximum atomic E-state index is 12.4. The zero-order valence-corrected chi connectivity index (χ0v) is 23.4. The summed E-state index contributed by atoms with van der Waals surface area (Å²) in [6.45, 7) is -0.754. The molecule has 1 amide bonds. The fourth-order valence-corrected chi connectivity index (χ4v) is 6.00. The van der Waals surface area contributed by atoms with Gasteiger partial charge in [0, 0.05) is 5.92 Å². The largest absolute Gasteiger partial charge is 0.507 e. The molecule has 2 fully saturated rings. The lowest BCUT2D eigenvalue weighted by molar-refractivity contribution is -0.0468. The molecule has 17 nitrogen and oxygen atoms in total. The summed E-state index contributed by atoms with van der Waals surface area (Å²) in [5, 5.41) is 39.7. The second kappa shape index (κ2) is 11.5. The molecule has 1 aliphatic carbocycles. The number of nitrogens with one attached hydrogen (secondary N) is 1. The molecule has 6 rings (SSSR count). The van der Waals surface area contributed by atoms with Gasteiger partial charge in [0.2, 0.25) is 0 Å². The van der Waals surface area contributed by atoms with E-state index in [0.717, 1.165) is 31.4 Å². The number of rotatable bonds is 8. The van der Waals surface area contributed by atoms with Crippen LogP contribution >= 0.6 is 0 Å². The van der Waals surface area contributed by atoms with Crippen molar-refractivity contribution < 1.29 is 37.5 Å². The van der Waals surface area contributed by atoms with Crippen molar-refractivity contribution in [2.24, 2.45) is 0 Å². The molecular formula is C25H29N9O8S. The van der Waals surface area contributed by atoms with Crippen molar-refractivity contribution in [3.63, 3.8) is 0 Å². The number of carbonyl (C=O) groups is 1. The number of carbonyl (C=O) groups excluding carboxylic acids is 1. The number of aliphatic hydroxyl groups is 2. The average molecular weight is 616 g/mol. The minimum atomic E-state index is -4.68. The van der Waals surface area contributed by atoms with Crippen LogP contribution in [0.3, 0.4) is 0 Å². The Morgan fingerprint density at radius 1 is 1.14 bits per heavy atom. The number of nitrogens with zero attached hydrogens (tertiary/aromatic N) is 7. The number of aliphatic hydroxyl groups excluding tert-OH is 2. The first-order valence-electron chi connectivity index (χ1n) is 13.5. The summed E-state index contributed by atoms with van der Waals surface area (Å²) in [6, 6.07) is 5.34. The van der Waals surface area contributed by atoms with Crippen molar-refractivity contribution >= 4 is 33.2 Å². The Morgan fingerprint density at radius 2 is 1.91 bits per heavy atom. The highest BCUT2D eigenvalue weighted by molar-refractivity contribution is 7.85. The van der Waals surface area contributed by atoms with E-state index in [-0.39, 0.29) is 28.5 Å². The lowest BCUT2D eigenvalue weighted by Crippen LogP contribution is -2.37. The monoisotopic (exact) mass is 615 g/mol. The predicted octanol–water partition coefficient (Wildman–Crippen LogP) is 0.0531. The third-order valence-electron chi connectivity index (χ3n) is 7.54. The quantitative estimate of drug-likeness (QED) is 0.176. The smallest absolute Gasteiger partial charge is 0.362 e. The number of ether oxygens (including phenoxy) is 1. The second-order valence-corrected chi connectivity index (χ2v) is 11.7. The summed E-state index contributed by atoms with van der Waals surface area (Å²) in [6.07, 6.45) is 2.85. The number of para-hydroxylation sites is 1. The molecule has 1 aliphatic heterocycles. The highest BCUT2D eigenvalue weighted by atomic mass is 32.2. The maximum Gasteiger partial charge on any atom is 0.362 e. The molecule has 4 atom stereocenters. The molecule has 3 aromatic heterocycles. The molecule has 1 saturated carbocycles. The number of hydrogen-bond donors (Lipinski definition) is 5. The van der Waals surface area contributed by atoms with Gasteiger partial charge in [-0.3, -0.25) is 13.5 Å². The number of amides is 1. The van der Waals surface area contributed by atoms with Crippen LogP contribution in [0.4, 0.5) is 5.82 Å². The van der Waals surface area contributed by atoms with Crippen molar-refractivity contribution in [1.29, 1.82) is 0 Å². The topological polar surface area (TPSA) is 243 Å². The lowest BCUT2D eigenvalue weighted by Gasteiger charge is -2.18. The van der Waals surface area contributed by atoms with Crippen LogP contribution in [-0.2, 0) is 19.2 Å². The Balaban J connectivity index is 1.18. The fraction of sp³-hybridized carbons (Fsp3) is 0.440. The molecule has 2 aliphatic rings. The number of nitrogen functional groups attached to an aromatic ring is 1. The summed E-state index contributed by atoms with van der Waals surface area (Å²) in [5.74, 6) is -1.10. The zero-order valence-electron chi connectivity index (χ0n) is 22.6. The molecule has 0 radical (unpaired) electrons. The number of aromatic hydroxyl groups is 1. The Labute approximate surface area is 244 Å². The van der Waals surface area contributed by atoms with Crippen LogP contribution in [0.2, 0.25) is 0 Å². The fourth-order valence-electron chi connectivity index (χ4n) is 5.29. The number of anilines is 1. The van der Waals surface area contributed by atoms with Crippen molar-refractivity contribution in [2.45, 2.75) is 62.6 Å². The Morgan fingerprint density at radius 3 is 2.67 bits per heavy atom. The molecule has 6 N–H and O–H groups in total. The van der Waals surface area contributed by atoms with Crippen LogP contribution in [0.25, 0.3) is 17.1 Å². The highest BCUT2D eigenvalue weighted by Gasteiger charge is 2.45. The molecule has 4 heterocycles. The normalized spacial score (nSPS) is 23.1. The van der Waals surface area contributed by atoms with Gasteiger partial charge in [-0.05, 0) is 25.0 Å². The number of aromatic nitrogens is 7. The lowest BCUT2D eigenvalue weighted by atomic mass is 9.87.